The van der Waals surface area contributed by atoms with Gasteiger partial charge in [-0.2, -0.15) is 12.8 Å². The molecule has 0 fully saturated rings. The molecule has 5 aromatic rings. The zero-order valence-corrected chi connectivity index (χ0v) is 30.4. The number of sulfonamides is 1. The third-order valence-corrected chi connectivity index (χ3v) is 11.1. The van der Waals surface area contributed by atoms with Gasteiger partial charge in [0.25, 0.3) is 10.0 Å². The van der Waals surface area contributed by atoms with E-state index < -0.39 is 38.5 Å². The van der Waals surface area contributed by atoms with Gasteiger partial charge in [-0.05, 0) is 70.3 Å². The average Bonchev–Trinajstić information content (AvgIpc) is 3.37. The number of aromatic hydroxyl groups is 1. The van der Waals surface area contributed by atoms with Gasteiger partial charge in [-0.3, -0.25) is 0 Å². The van der Waals surface area contributed by atoms with Crippen LogP contribution in [-0.2, 0) is 20.9 Å². The lowest BCUT2D eigenvalue weighted by Gasteiger charge is -2.47. The van der Waals surface area contributed by atoms with Crippen LogP contribution in [0.15, 0.2) is 125 Å². The van der Waals surface area contributed by atoms with Gasteiger partial charge in [0.15, 0.2) is 6.10 Å². The van der Waals surface area contributed by atoms with Crippen molar-refractivity contribution >= 4 is 15.7 Å². The number of benzene rings is 5. The van der Waals surface area contributed by atoms with E-state index in [4.69, 9.17) is 13.9 Å². The molecule has 7 heteroatoms. The molecule has 2 heterocycles. The van der Waals surface area contributed by atoms with Gasteiger partial charge in [-0.25, -0.2) is 0 Å². The molecule has 0 amide bonds. The molecule has 0 aromatic heterocycles. The molecular weight excluding hydrogens is 643 g/mol. The number of nitrogens with zero attached hydrogens (tertiary/aromatic N) is 1. The van der Waals surface area contributed by atoms with E-state index in [0.29, 0.717) is 17.1 Å². The molecule has 1 spiro atoms. The number of aryl methyl sites for hydroxylation is 1. The molecule has 0 unspecified atom stereocenters. The van der Waals surface area contributed by atoms with Crippen LogP contribution in [0.4, 0.5) is 0 Å². The van der Waals surface area contributed by atoms with Crippen LogP contribution < -0.4 is 9.47 Å². The first-order valence-electron chi connectivity index (χ1n) is 17.0. The third-order valence-electron chi connectivity index (χ3n) is 9.80. The fourth-order valence-electron chi connectivity index (χ4n) is 7.33. The van der Waals surface area contributed by atoms with Crippen molar-refractivity contribution in [1.29, 1.82) is 0 Å². The Morgan fingerprint density at radius 1 is 0.700 bits per heavy atom. The molecule has 0 bridgehead atoms. The SMILES string of the molecule is Cc1ccc(S(=O)(=O)/N=C2\c3ccccc3O[C@]23[C@H](c2cc(C(C)(C)C)c(O)c(C(C)(C)C)c2)c2ccccc2O[C@@H]3c2ccccc2)cc1. The van der Waals surface area contributed by atoms with E-state index in [1.54, 1.807) is 24.3 Å². The van der Waals surface area contributed by atoms with Crippen molar-refractivity contribution in [3.63, 3.8) is 0 Å². The molecule has 2 aliphatic heterocycles. The minimum Gasteiger partial charge on any atom is -0.507 e. The monoisotopic (exact) mass is 685 g/mol. The van der Waals surface area contributed by atoms with Crippen molar-refractivity contribution in [2.75, 3.05) is 0 Å². The van der Waals surface area contributed by atoms with Crippen molar-refractivity contribution in [2.24, 2.45) is 4.40 Å². The topological polar surface area (TPSA) is 85.2 Å². The maximum absolute atomic E-state index is 14.4. The van der Waals surface area contributed by atoms with Gasteiger partial charge in [0, 0.05) is 11.1 Å². The van der Waals surface area contributed by atoms with Gasteiger partial charge in [0.05, 0.1) is 10.8 Å². The highest BCUT2D eigenvalue weighted by Crippen LogP contribution is 2.59. The van der Waals surface area contributed by atoms with E-state index in [0.717, 1.165) is 33.4 Å². The Morgan fingerprint density at radius 2 is 1.26 bits per heavy atom. The first-order valence-corrected chi connectivity index (χ1v) is 18.4. The molecule has 5 aromatic carbocycles. The maximum Gasteiger partial charge on any atom is 0.282 e. The maximum atomic E-state index is 14.4. The summed E-state index contributed by atoms with van der Waals surface area (Å²) < 4.78 is 47.7. The van der Waals surface area contributed by atoms with Gasteiger partial charge in [0.1, 0.15) is 23.0 Å². The second-order valence-electron chi connectivity index (χ2n) is 15.5. The molecule has 0 saturated heterocycles. The smallest absolute Gasteiger partial charge is 0.282 e. The lowest BCUT2D eigenvalue weighted by Crippen LogP contribution is -2.56. The molecule has 2 aliphatic rings. The van der Waals surface area contributed by atoms with Crippen LogP contribution in [0.2, 0.25) is 0 Å². The van der Waals surface area contributed by atoms with E-state index in [-0.39, 0.29) is 16.4 Å². The highest BCUT2D eigenvalue weighted by molar-refractivity contribution is 7.90. The molecule has 6 nitrogen and oxygen atoms in total. The molecule has 7 rings (SSSR count). The molecule has 0 aliphatic carbocycles. The largest absolute Gasteiger partial charge is 0.507 e. The first kappa shape index (κ1) is 33.6. The van der Waals surface area contributed by atoms with E-state index >= 15 is 0 Å². The predicted octanol–water partition coefficient (Wildman–Crippen LogP) is 9.57. The van der Waals surface area contributed by atoms with Crippen molar-refractivity contribution < 1.29 is 23.0 Å². The van der Waals surface area contributed by atoms with Crippen molar-refractivity contribution in [3.8, 4) is 17.2 Å². The summed E-state index contributed by atoms with van der Waals surface area (Å²) in [6.45, 7) is 14.4. The number of hydrogen-bond acceptors (Lipinski definition) is 5. The summed E-state index contributed by atoms with van der Waals surface area (Å²) in [6.07, 6.45) is -0.812. The summed E-state index contributed by atoms with van der Waals surface area (Å²) in [4.78, 5) is 0.0924. The second-order valence-corrected chi connectivity index (χ2v) is 17.1. The summed E-state index contributed by atoms with van der Waals surface area (Å²) in [6, 6.07) is 36.0. The molecule has 50 heavy (non-hydrogen) atoms. The van der Waals surface area contributed by atoms with Crippen molar-refractivity contribution in [3.05, 3.63) is 154 Å². The summed E-state index contributed by atoms with van der Waals surface area (Å²) in [5, 5.41) is 11.8. The number of phenolic OH excluding ortho intramolecular Hbond substituents is 1. The number of ether oxygens (including phenoxy) is 2. The van der Waals surface area contributed by atoms with Gasteiger partial charge in [-0.15, -0.1) is 0 Å². The fraction of sp³-hybridized carbons (Fsp3) is 0.279. The fourth-order valence-corrected chi connectivity index (χ4v) is 8.40. The van der Waals surface area contributed by atoms with E-state index in [1.165, 1.54) is 0 Å². The minimum absolute atomic E-state index is 0.0924. The number of fused-ring (bicyclic) bond motifs is 2. The molecule has 0 radical (unpaired) electrons. The van der Waals surface area contributed by atoms with Crippen LogP contribution in [0.3, 0.4) is 0 Å². The van der Waals surface area contributed by atoms with Crippen LogP contribution in [0.5, 0.6) is 17.2 Å². The number of hydrogen-bond donors (Lipinski definition) is 1. The molecule has 256 valence electrons. The normalized spacial score (nSPS) is 21.0. The predicted molar refractivity (Wildman–Crippen MR) is 198 cm³/mol. The highest BCUT2D eigenvalue weighted by atomic mass is 32.2. The summed E-state index contributed by atoms with van der Waals surface area (Å²) >= 11 is 0. The van der Waals surface area contributed by atoms with E-state index in [1.807, 2.05) is 85.8 Å². The summed E-state index contributed by atoms with van der Waals surface area (Å²) in [5.74, 6) is 0.833. The third kappa shape index (κ3) is 5.58. The second kappa shape index (κ2) is 11.9. The standard InChI is InChI=1S/C43H43NO5S/c1-27-21-23-30(24-22-27)50(46,47)44-39-32-18-12-14-20-36(32)49-43(39)37(29-25-33(41(2,3)4)38(45)34(26-29)42(5,6)7)31-17-11-13-19-35(31)48-40(43)28-15-9-8-10-16-28/h8-26,37,40,45H,1-7H3/b44-39+/t37-,40-,43-/m1/s1. The number of phenols is 1. The van der Waals surface area contributed by atoms with Gasteiger partial charge >= 0.3 is 0 Å². The Bertz CT molecular complexity index is 2190. The van der Waals surface area contributed by atoms with Crippen molar-refractivity contribution in [2.45, 2.75) is 81.8 Å². The van der Waals surface area contributed by atoms with Crippen molar-refractivity contribution in [1.82, 2.24) is 0 Å². The molecule has 1 N–H and O–H groups in total. The van der Waals surface area contributed by atoms with Crippen LogP contribution in [0.1, 0.15) is 92.5 Å². The zero-order valence-electron chi connectivity index (χ0n) is 29.6. The Balaban J connectivity index is 1.63. The number of rotatable bonds is 4. The summed E-state index contributed by atoms with van der Waals surface area (Å²) in [7, 11) is -4.22. The molecule has 0 saturated carbocycles. The Labute approximate surface area is 295 Å². The number of para-hydroxylation sites is 2. The van der Waals surface area contributed by atoms with Gasteiger partial charge in [-0.1, -0.05) is 132 Å². The first-order chi connectivity index (χ1) is 23.6. The summed E-state index contributed by atoms with van der Waals surface area (Å²) in [5.41, 5.74) is 3.57. The Hall–Kier alpha value is -4.88. The molecule has 3 atom stereocenters. The quantitative estimate of drug-likeness (QED) is 0.204. The van der Waals surface area contributed by atoms with Crippen LogP contribution in [-0.4, -0.2) is 24.8 Å². The van der Waals surface area contributed by atoms with Crippen LogP contribution in [0, 0.1) is 6.92 Å². The van der Waals surface area contributed by atoms with Crippen LogP contribution >= 0.6 is 0 Å². The molecular formula is C43H43NO5S. The minimum atomic E-state index is -4.22. The zero-order chi connectivity index (χ0) is 35.6. The van der Waals surface area contributed by atoms with Gasteiger partial charge in [0.2, 0.25) is 5.60 Å². The Kier molecular flexibility index (Phi) is 7.98. The van der Waals surface area contributed by atoms with E-state index in [9.17, 15) is 13.5 Å². The van der Waals surface area contributed by atoms with E-state index in [2.05, 4.69) is 53.7 Å². The van der Waals surface area contributed by atoms with Crippen LogP contribution in [0.25, 0.3) is 0 Å². The lowest BCUT2D eigenvalue weighted by molar-refractivity contribution is -0.0107. The lowest BCUT2D eigenvalue weighted by atomic mass is 9.66. The van der Waals surface area contributed by atoms with Gasteiger partial charge < -0.3 is 14.6 Å². The Morgan fingerprint density at radius 3 is 1.88 bits per heavy atom. The average molecular weight is 686 g/mol. The highest BCUT2D eigenvalue weighted by Gasteiger charge is 2.63.